The smallest absolute Gasteiger partial charge is 0.330 e. The second kappa shape index (κ2) is 9.12. The molecule has 10 nitrogen and oxygen atoms in total. The van der Waals surface area contributed by atoms with Gasteiger partial charge < -0.3 is 4.42 Å². The molecule has 0 atom stereocenters. The Kier molecular flexibility index (Phi) is 6.38. The SMILES string of the molecule is N=S1(=O)C=CN(S(=O)(=O)N(Cc2ccc(-c3nnc(C(F)F)o3)cn2)c2cccc(Cl)c2)C=C1. The van der Waals surface area contributed by atoms with Gasteiger partial charge in [-0.05, 0) is 30.3 Å². The van der Waals surface area contributed by atoms with Crippen molar-refractivity contribution >= 4 is 37.2 Å². The summed E-state index contributed by atoms with van der Waals surface area (Å²) in [5, 5.41) is 9.06. The van der Waals surface area contributed by atoms with Crippen LogP contribution in [0.15, 0.2) is 70.2 Å². The van der Waals surface area contributed by atoms with E-state index in [2.05, 4.69) is 15.2 Å². The number of benzene rings is 1. The highest BCUT2D eigenvalue weighted by atomic mass is 35.5. The van der Waals surface area contributed by atoms with E-state index in [4.69, 9.17) is 20.8 Å². The Labute approximate surface area is 198 Å². The summed E-state index contributed by atoms with van der Waals surface area (Å²) >= 11 is 6.06. The second-order valence-electron chi connectivity index (χ2n) is 6.83. The van der Waals surface area contributed by atoms with Crippen molar-refractivity contribution in [1.82, 2.24) is 19.5 Å². The minimum absolute atomic E-state index is 0.156. The molecule has 0 aliphatic carbocycles. The molecule has 0 radical (unpaired) electrons. The summed E-state index contributed by atoms with van der Waals surface area (Å²) in [7, 11) is -7.40. The van der Waals surface area contributed by atoms with Crippen LogP contribution in [0.5, 0.6) is 0 Å². The molecule has 1 aliphatic rings. The molecule has 34 heavy (non-hydrogen) atoms. The molecule has 0 fully saturated rings. The van der Waals surface area contributed by atoms with E-state index in [1.807, 2.05) is 0 Å². The first-order valence-electron chi connectivity index (χ1n) is 9.34. The zero-order valence-electron chi connectivity index (χ0n) is 17.0. The van der Waals surface area contributed by atoms with Gasteiger partial charge in [-0.15, -0.1) is 10.2 Å². The molecule has 0 bridgehead atoms. The van der Waals surface area contributed by atoms with Crippen molar-refractivity contribution in [2.75, 3.05) is 4.31 Å². The predicted octanol–water partition coefficient (Wildman–Crippen LogP) is 4.28. The van der Waals surface area contributed by atoms with Crippen LogP contribution in [0.4, 0.5) is 14.5 Å². The first-order chi connectivity index (χ1) is 16.0. The lowest BCUT2D eigenvalue weighted by molar-refractivity contribution is 0.116. The van der Waals surface area contributed by atoms with Gasteiger partial charge in [0.25, 0.3) is 5.89 Å². The topological polar surface area (TPSA) is 133 Å². The third-order valence-electron chi connectivity index (χ3n) is 4.47. The van der Waals surface area contributed by atoms with Gasteiger partial charge in [0.1, 0.15) is 0 Å². The van der Waals surface area contributed by atoms with E-state index in [1.165, 1.54) is 30.5 Å². The molecular formula is C19H15ClF2N6O4S2. The van der Waals surface area contributed by atoms with E-state index >= 15 is 0 Å². The Morgan fingerprint density at radius 1 is 1.18 bits per heavy atom. The number of nitrogens with zero attached hydrogens (tertiary/aromatic N) is 5. The Bertz CT molecular complexity index is 1450. The van der Waals surface area contributed by atoms with Crippen LogP contribution in [0.2, 0.25) is 5.02 Å². The van der Waals surface area contributed by atoms with Crippen LogP contribution < -0.4 is 4.31 Å². The zero-order valence-corrected chi connectivity index (χ0v) is 19.3. The number of hydrogen-bond acceptors (Lipinski definition) is 8. The molecular weight excluding hydrogens is 514 g/mol. The normalized spacial score (nSPS) is 15.1. The number of rotatable bonds is 7. The fraction of sp³-hybridized carbons (Fsp3) is 0.105. The largest absolute Gasteiger partial charge is 0.415 e. The first-order valence-corrected chi connectivity index (χ1v) is 12.8. The van der Waals surface area contributed by atoms with Crippen LogP contribution in [0.25, 0.3) is 11.5 Å². The molecule has 0 spiro atoms. The highest BCUT2D eigenvalue weighted by Gasteiger charge is 2.29. The van der Waals surface area contributed by atoms with E-state index in [0.717, 1.165) is 31.8 Å². The van der Waals surface area contributed by atoms with E-state index in [0.29, 0.717) is 10.7 Å². The number of alkyl halides is 2. The molecule has 1 aliphatic heterocycles. The molecule has 3 heterocycles. The third kappa shape index (κ3) is 5.08. The van der Waals surface area contributed by atoms with Crippen molar-refractivity contribution in [3.8, 4) is 11.5 Å². The number of pyridine rings is 1. The second-order valence-corrected chi connectivity index (χ2v) is 10.9. The third-order valence-corrected chi connectivity index (χ3v) is 7.43. The zero-order chi connectivity index (χ0) is 24.5. The van der Waals surface area contributed by atoms with E-state index < -0.39 is 32.3 Å². The maximum absolute atomic E-state index is 13.4. The molecule has 0 unspecified atom stereocenters. The van der Waals surface area contributed by atoms with Gasteiger partial charge in [-0.1, -0.05) is 17.7 Å². The van der Waals surface area contributed by atoms with E-state index in [1.54, 1.807) is 12.1 Å². The summed E-state index contributed by atoms with van der Waals surface area (Å²) in [6.45, 7) is -0.233. The Morgan fingerprint density at radius 3 is 2.50 bits per heavy atom. The quantitative estimate of drug-likeness (QED) is 0.483. The van der Waals surface area contributed by atoms with Crippen molar-refractivity contribution in [3.05, 3.63) is 82.4 Å². The van der Waals surface area contributed by atoms with Crippen LogP contribution >= 0.6 is 11.6 Å². The predicted molar refractivity (Wildman–Crippen MR) is 120 cm³/mol. The molecule has 1 aromatic carbocycles. The van der Waals surface area contributed by atoms with E-state index in [9.17, 15) is 21.4 Å². The fourth-order valence-electron chi connectivity index (χ4n) is 2.83. The van der Waals surface area contributed by atoms with Crippen molar-refractivity contribution in [2.45, 2.75) is 13.0 Å². The molecule has 2 aromatic heterocycles. The minimum atomic E-state index is -4.25. The van der Waals surface area contributed by atoms with Gasteiger partial charge in [-0.2, -0.15) is 17.2 Å². The number of nitrogens with one attached hydrogen (secondary N) is 1. The number of halogens is 3. The maximum atomic E-state index is 13.4. The average Bonchev–Trinajstić information content (AvgIpc) is 3.28. The van der Waals surface area contributed by atoms with Crippen LogP contribution in [-0.4, -0.2) is 32.1 Å². The van der Waals surface area contributed by atoms with Crippen LogP contribution in [-0.2, 0) is 26.5 Å². The summed E-state index contributed by atoms with van der Waals surface area (Å²) in [6.07, 6.45) is 0.451. The molecule has 0 saturated heterocycles. The number of anilines is 1. The summed E-state index contributed by atoms with van der Waals surface area (Å²) in [5.41, 5.74) is 0.804. The first kappa shape index (κ1) is 23.8. The molecule has 0 saturated carbocycles. The highest BCUT2D eigenvalue weighted by molar-refractivity contribution is 7.98. The molecule has 0 amide bonds. The molecule has 1 N–H and O–H groups in total. The molecule has 15 heteroatoms. The van der Waals surface area contributed by atoms with Crippen molar-refractivity contribution in [3.63, 3.8) is 0 Å². The van der Waals surface area contributed by atoms with Crippen LogP contribution in [0.1, 0.15) is 18.0 Å². The average molecular weight is 529 g/mol. The van der Waals surface area contributed by atoms with E-state index in [-0.39, 0.29) is 23.7 Å². The summed E-state index contributed by atoms with van der Waals surface area (Å²) < 4.78 is 78.2. The van der Waals surface area contributed by atoms with Gasteiger partial charge in [-0.25, -0.2) is 17.6 Å². The monoisotopic (exact) mass is 528 g/mol. The Hall–Kier alpha value is -3.36. The number of aromatic nitrogens is 3. The van der Waals surface area contributed by atoms with Gasteiger partial charge in [0, 0.05) is 34.4 Å². The van der Waals surface area contributed by atoms with Gasteiger partial charge >= 0.3 is 16.6 Å². The van der Waals surface area contributed by atoms with Crippen molar-refractivity contribution in [1.29, 1.82) is 4.78 Å². The van der Waals surface area contributed by atoms with Crippen molar-refractivity contribution < 1.29 is 25.8 Å². The summed E-state index contributed by atoms with van der Waals surface area (Å²) in [5.74, 6) is -0.979. The maximum Gasteiger partial charge on any atom is 0.330 e. The van der Waals surface area contributed by atoms with Gasteiger partial charge in [-0.3, -0.25) is 4.98 Å². The lowest BCUT2D eigenvalue weighted by Crippen LogP contribution is -2.39. The van der Waals surface area contributed by atoms with Crippen LogP contribution in [0.3, 0.4) is 0 Å². The Morgan fingerprint density at radius 2 is 1.91 bits per heavy atom. The highest BCUT2D eigenvalue weighted by Crippen LogP contribution is 2.28. The molecule has 178 valence electrons. The molecule has 4 rings (SSSR count). The van der Waals surface area contributed by atoms with Gasteiger partial charge in [0.2, 0.25) is 5.89 Å². The number of hydrogen-bond donors (Lipinski definition) is 1. The minimum Gasteiger partial charge on any atom is -0.415 e. The van der Waals surface area contributed by atoms with Crippen molar-refractivity contribution in [2.24, 2.45) is 0 Å². The van der Waals surface area contributed by atoms with Crippen LogP contribution in [0, 0.1) is 4.78 Å². The molecule has 3 aromatic rings. The fourth-order valence-corrected chi connectivity index (χ4v) is 5.22. The standard InChI is InChI=1S/C19H15ClF2N6O4S2/c20-14-2-1-3-16(10-14)28(34(30,31)27-6-8-33(23,29)9-7-27)12-15-5-4-13(11-24-15)18-25-26-19(32-18)17(21)22/h1-11,17,23H,12H2. The summed E-state index contributed by atoms with van der Waals surface area (Å²) in [4.78, 5) is 4.19. The van der Waals surface area contributed by atoms with Gasteiger partial charge in [0.15, 0.2) is 0 Å². The lowest BCUT2D eigenvalue weighted by atomic mass is 10.2. The van der Waals surface area contributed by atoms with Gasteiger partial charge in [0.05, 0.1) is 33.2 Å². The Balaban J connectivity index is 1.66. The lowest BCUT2D eigenvalue weighted by Gasteiger charge is -2.29. The summed E-state index contributed by atoms with van der Waals surface area (Å²) in [6, 6.07) is 9.09.